The quantitative estimate of drug-likeness (QED) is 0.845. The van der Waals surface area contributed by atoms with E-state index in [1.165, 1.54) is 5.56 Å². The van der Waals surface area contributed by atoms with Crippen molar-refractivity contribution in [1.29, 1.82) is 0 Å². The average molecular weight is 308 g/mol. The van der Waals surface area contributed by atoms with Crippen LogP contribution in [-0.2, 0) is 0 Å². The maximum absolute atomic E-state index is 12.3. The zero-order valence-corrected chi connectivity index (χ0v) is 13.5. The number of benzene rings is 2. The van der Waals surface area contributed by atoms with E-state index in [4.69, 9.17) is 4.74 Å². The van der Waals surface area contributed by atoms with E-state index >= 15 is 0 Å². The molecule has 0 aromatic heterocycles. The standard InChI is InChI=1S/C19H20N2O2/c1-13-4-7-16(8-5-13)20-21-18(22)15-6-9-17-14(12-15)10-11-19(2,3)23-17/h4-12,20H,1-3H3,(H,21,22). The third kappa shape index (κ3) is 3.54. The number of hydrogen-bond acceptors (Lipinski definition) is 3. The van der Waals surface area contributed by atoms with Crippen LogP contribution in [0.2, 0.25) is 0 Å². The summed E-state index contributed by atoms with van der Waals surface area (Å²) in [5.41, 5.74) is 8.80. The Labute approximate surface area is 136 Å². The number of fused-ring (bicyclic) bond motifs is 1. The number of nitrogens with one attached hydrogen (secondary N) is 2. The summed E-state index contributed by atoms with van der Waals surface area (Å²) in [7, 11) is 0. The summed E-state index contributed by atoms with van der Waals surface area (Å²) in [6.07, 6.45) is 3.98. The second-order valence-electron chi connectivity index (χ2n) is 6.24. The van der Waals surface area contributed by atoms with Gasteiger partial charge in [0.25, 0.3) is 5.91 Å². The fraction of sp³-hybridized carbons (Fsp3) is 0.211. The van der Waals surface area contributed by atoms with Gasteiger partial charge in [0.2, 0.25) is 0 Å². The molecular formula is C19H20N2O2. The normalized spacial score (nSPS) is 14.6. The number of hydrazine groups is 1. The van der Waals surface area contributed by atoms with Gasteiger partial charge < -0.3 is 4.74 Å². The molecule has 4 heteroatoms. The lowest BCUT2D eigenvalue weighted by atomic mass is 10.0. The molecule has 3 rings (SSSR count). The number of rotatable bonds is 3. The maximum Gasteiger partial charge on any atom is 0.269 e. The third-order valence-corrected chi connectivity index (χ3v) is 3.68. The number of hydrogen-bond donors (Lipinski definition) is 2. The number of ether oxygens (including phenoxy) is 1. The summed E-state index contributed by atoms with van der Waals surface area (Å²) in [4.78, 5) is 12.3. The van der Waals surface area contributed by atoms with Crippen LogP contribution in [0.25, 0.3) is 6.08 Å². The van der Waals surface area contributed by atoms with Crippen molar-refractivity contribution in [2.45, 2.75) is 26.4 Å². The van der Waals surface area contributed by atoms with E-state index in [-0.39, 0.29) is 11.5 Å². The van der Waals surface area contributed by atoms with Gasteiger partial charge in [-0.2, -0.15) is 0 Å². The fourth-order valence-electron chi connectivity index (χ4n) is 2.36. The second kappa shape index (κ2) is 5.80. The highest BCUT2D eigenvalue weighted by Crippen LogP contribution is 2.31. The highest BCUT2D eigenvalue weighted by molar-refractivity contribution is 5.95. The molecule has 1 amide bonds. The van der Waals surface area contributed by atoms with Gasteiger partial charge in [0.1, 0.15) is 11.4 Å². The number of amides is 1. The summed E-state index contributed by atoms with van der Waals surface area (Å²) in [5, 5.41) is 0. The van der Waals surface area contributed by atoms with Gasteiger partial charge in [0.05, 0.1) is 5.69 Å². The zero-order chi connectivity index (χ0) is 16.4. The van der Waals surface area contributed by atoms with Crippen molar-refractivity contribution in [2.75, 3.05) is 5.43 Å². The molecule has 0 atom stereocenters. The van der Waals surface area contributed by atoms with Gasteiger partial charge in [-0.05, 0) is 57.2 Å². The minimum Gasteiger partial charge on any atom is -0.483 e. The van der Waals surface area contributed by atoms with Gasteiger partial charge in [-0.1, -0.05) is 23.8 Å². The molecule has 0 aliphatic carbocycles. The summed E-state index contributed by atoms with van der Waals surface area (Å²) >= 11 is 0. The van der Waals surface area contributed by atoms with Crippen LogP contribution in [0.15, 0.2) is 48.5 Å². The molecule has 2 aromatic carbocycles. The molecule has 118 valence electrons. The molecule has 0 fully saturated rings. The van der Waals surface area contributed by atoms with Crippen molar-refractivity contribution in [1.82, 2.24) is 5.43 Å². The molecule has 1 aliphatic heterocycles. The van der Waals surface area contributed by atoms with Crippen molar-refractivity contribution in [3.05, 3.63) is 65.2 Å². The highest BCUT2D eigenvalue weighted by atomic mass is 16.5. The van der Waals surface area contributed by atoms with Gasteiger partial charge in [-0.15, -0.1) is 0 Å². The van der Waals surface area contributed by atoms with E-state index in [0.717, 1.165) is 17.0 Å². The summed E-state index contributed by atoms with van der Waals surface area (Å²) in [5.74, 6) is 0.604. The highest BCUT2D eigenvalue weighted by Gasteiger charge is 2.22. The van der Waals surface area contributed by atoms with E-state index in [1.54, 1.807) is 6.07 Å². The fourth-order valence-corrected chi connectivity index (χ4v) is 2.36. The van der Waals surface area contributed by atoms with Crippen molar-refractivity contribution >= 4 is 17.7 Å². The Morgan fingerprint density at radius 1 is 1.09 bits per heavy atom. The number of aryl methyl sites for hydroxylation is 1. The molecule has 1 heterocycles. The minimum absolute atomic E-state index is 0.188. The van der Waals surface area contributed by atoms with Crippen LogP contribution in [0, 0.1) is 6.92 Å². The topological polar surface area (TPSA) is 50.4 Å². The first-order chi connectivity index (χ1) is 10.9. The Morgan fingerprint density at radius 3 is 2.57 bits per heavy atom. The van der Waals surface area contributed by atoms with E-state index in [2.05, 4.69) is 10.9 Å². The molecule has 1 aliphatic rings. The van der Waals surface area contributed by atoms with Crippen LogP contribution >= 0.6 is 0 Å². The van der Waals surface area contributed by atoms with Crippen LogP contribution in [0.4, 0.5) is 5.69 Å². The molecule has 4 nitrogen and oxygen atoms in total. The van der Waals surface area contributed by atoms with Gasteiger partial charge in [-0.25, -0.2) is 0 Å². The van der Waals surface area contributed by atoms with Crippen molar-refractivity contribution in [3.8, 4) is 5.75 Å². The number of carbonyl (C=O) groups excluding carboxylic acids is 1. The molecule has 2 aromatic rings. The first-order valence-electron chi connectivity index (χ1n) is 7.58. The first-order valence-corrected chi connectivity index (χ1v) is 7.58. The SMILES string of the molecule is Cc1ccc(NNC(=O)c2ccc3c(c2)C=CC(C)(C)O3)cc1. The summed E-state index contributed by atoms with van der Waals surface area (Å²) in [6.45, 7) is 6.02. The van der Waals surface area contributed by atoms with Crippen LogP contribution in [-0.4, -0.2) is 11.5 Å². The first kappa shape index (κ1) is 15.2. The largest absolute Gasteiger partial charge is 0.483 e. The van der Waals surface area contributed by atoms with Crippen LogP contribution in [0.5, 0.6) is 5.75 Å². The molecule has 0 saturated carbocycles. The molecule has 0 saturated heterocycles. The van der Waals surface area contributed by atoms with Crippen molar-refractivity contribution in [3.63, 3.8) is 0 Å². The Balaban J connectivity index is 1.70. The second-order valence-corrected chi connectivity index (χ2v) is 6.24. The smallest absolute Gasteiger partial charge is 0.269 e. The van der Waals surface area contributed by atoms with Crippen molar-refractivity contribution < 1.29 is 9.53 Å². The molecule has 2 N–H and O–H groups in total. The van der Waals surface area contributed by atoms with E-state index in [1.807, 2.05) is 69.3 Å². The van der Waals surface area contributed by atoms with E-state index in [0.29, 0.717) is 5.56 Å². The molecular weight excluding hydrogens is 288 g/mol. The van der Waals surface area contributed by atoms with Gasteiger partial charge >= 0.3 is 0 Å². The number of anilines is 1. The Hall–Kier alpha value is -2.75. The lowest BCUT2D eigenvalue weighted by molar-refractivity contribution is 0.0962. The third-order valence-electron chi connectivity index (χ3n) is 3.68. The maximum atomic E-state index is 12.3. The van der Waals surface area contributed by atoms with Gasteiger partial charge in [-0.3, -0.25) is 15.6 Å². The summed E-state index contributed by atoms with van der Waals surface area (Å²) in [6, 6.07) is 13.2. The molecule has 0 bridgehead atoms. The lowest BCUT2D eigenvalue weighted by Crippen LogP contribution is -2.30. The van der Waals surface area contributed by atoms with E-state index in [9.17, 15) is 4.79 Å². The predicted octanol–water partition coefficient (Wildman–Crippen LogP) is 3.94. The zero-order valence-electron chi connectivity index (χ0n) is 13.5. The van der Waals surface area contributed by atoms with Crippen LogP contribution in [0.1, 0.15) is 35.3 Å². The van der Waals surface area contributed by atoms with Crippen LogP contribution < -0.4 is 15.6 Å². The van der Waals surface area contributed by atoms with E-state index < -0.39 is 0 Å². The lowest BCUT2D eigenvalue weighted by Gasteiger charge is -2.27. The molecule has 0 unspecified atom stereocenters. The van der Waals surface area contributed by atoms with Gasteiger partial charge in [0, 0.05) is 11.1 Å². The number of carbonyl (C=O) groups is 1. The predicted molar refractivity (Wildman–Crippen MR) is 92.5 cm³/mol. The Morgan fingerprint density at radius 2 is 1.83 bits per heavy atom. The van der Waals surface area contributed by atoms with Crippen molar-refractivity contribution in [2.24, 2.45) is 0 Å². The summed E-state index contributed by atoms with van der Waals surface area (Å²) < 4.78 is 5.86. The Bertz CT molecular complexity index is 761. The minimum atomic E-state index is -0.316. The van der Waals surface area contributed by atoms with Crippen LogP contribution in [0.3, 0.4) is 0 Å². The average Bonchev–Trinajstić information content (AvgIpc) is 2.53. The molecule has 0 spiro atoms. The monoisotopic (exact) mass is 308 g/mol. The molecule has 23 heavy (non-hydrogen) atoms. The van der Waals surface area contributed by atoms with Gasteiger partial charge in [0.15, 0.2) is 0 Å². The molecule has 0 radical (unpaired) electrons. The Kier molecular flexibility index (Phi) is 3.82.